The molecule has 0 aliphatic carbocycles. The molecular weight excluding hydrogens is 399 g/mol. The third-order valence-corrected chi connectivity index (χ3v) is 4.45. The fourth-order valence-corrected chi connectivity index (χ4v) is 2.95. The predicted molar refractivity (Wildman–Crippen MR) is 96.6 cm³/mol. The van der Waals surface area contributed by atoms with E-state index in [-0.39, 0.29) is 31.2 Å². The van der Waals surface area contributed by atoms with Crippen molar-refractivity contribution in [3.63, 3.8) is 0 Å². The molecule has 1 aromatic rings. The van der Waals surface area contributed by atoms with Crippen molar-refractivity contribution in [2.24, 2.45) is 0 Å². The van der Waals surface area contributed by atoms with E-state index in [1.807, 2.05) is 15.9 Å². The zero-order valence-corrected chi connectivity index (χ0v) is 15.6. The Morgan fingerprint density at radius 2 is 1.68 bits per heavy atom. The highest BCUT2D eigenvalue weighted by Crippen LogP contribution is 2.36. The van der Waals surface area contributed by atoms with Crippen molar-refractivity contribution in [1.82, 2.24) is 15.1 Å². The van der Waals surface area contributed by atoms with Gasteiger partial charge in [0.15, 0.2) is 0 Å². The maximum absolute atomic E-state index is 12.9. The van der Waals surface area contributed by atoms with Crippen molar-refractivity contribution in [2.75, 3.05) is 51.1 Å². The standard InChI is InChI=1S/C17H19ClF3N5O2/c18-14-2-1-12(9-13(14)17(19,20)21)24-16(28)11-26-7-5-25(6-8-26)10-15(27)23-4-3-22/h1-2,9H,4-8,10-11H2,(H,23,27)(H,24,28). The summed E-state index contributed by atoms with van der Waals surface area (Å²) in [4.78, 5) is 27.5. The number of alkyl halides is 3. The SMILES string of the molecule is N#CCNC(=O)CN1CCN(CC(=O)Nc2ccc(Cl)c(C(F)(F)F)c2)CC1. The van der Waals surface area contributed by atoms with E-state index in [9.17, 15) is 22.8 Å². The maximum Gasteiger partial charge on any atom is 0.417 e. The minimum atomic E-state index is -4.60. The Morgan fingerprint density at radius 3 is 2.21 bits per heavy atom. The van der Waals surface area contributed by atoms with Gasteiger partial charge in [-0.15, -0.1) is 0 Å². The van der Waals surface area contributed by atoms with Gasteiger partial charge in [-0.25, -0.2) is 0 Å². The number of nitrogens with zero attached hydrogens (tertiary/aromatic N) is 3. The highest BCUT2D eigenvalue weighted by atomic mass is 35.5. The molecule has 0 unspecified atom stereocenters. The first kappa shape index (κ1) is 21.9. The molecule has 0 aromatic heterocycles. The third kappa shape index (κ3) is 6.67. The highest BCUT2D eigenvalue weighted by Gasteiger charge is 2.33. The number of hydrogen-bond acceptors (Lipinski definition) is 5. The van der Waals surface area contributed by atoms with E-state index in [0.29, 0.717) is 26.2 Å². The molecule has 7 nitrogen and oxygen atoms in total. The lowest BCUT2D eigenvalue weighted by molar-refractivity contribution is -0.137. The van der Waals surface area contributed by atoms with Crippen molar-refractivity contribution in [1.29, 1.82) is 5.26 Å². The van der Waals surface area contributed by atoms with E-state index in [2.05, 4.69) is 10.6 Å². The van der Waals surface area contributed by atoms with Crippen LogP contribution < -0.4 is 10.6 Å². The van der Waals surface area contributed by atoms with Gasteiger partial charge >= 0.3 is 6.18 Å². The largest absolute Gasteiger partial charge is 0.417 e. The van der Waals surface area contributed by atoms with Crippen LogP contribution in [0.3, 0.4) is 0 Å². The number of benzene rings is 1. The Kier molecular flexibility index (Phi) is 7.62. The second-order valence-electron chi connectivity index (χ2n) is 6.23. The molecule has 1 aliphatic heterocycles. The Labute approximate surface area is 165 Å². The summed E-state index contributed by atoms with van der Waals surface area (Å²) in [5, 5.41) is 12.9. The molecule has 0 saturated carbocycles. The van der Waals surface area contributed by atoms with E-state index in [1.54, 1.807) is 0 Å². The summed E-state index contributed by atoms with van der Waals surface area (Å²) < 4.78 is 38.6. The van der Waals surface area contributed by atoms with Gasteiger partial charge in [-0.1, -0.05) is 11.6 Å². The molecule has 1 aromatic carbocycles. The molecule has 2 rings (SSSR count). The van der Waals surface area contributed by atoms with Crippen LogP contribution in [-0.2, 0) is 15.8 Å². The van der Waals surface area contributed by atoms with Gasteiger partial charge in [0.05, 0.1) is 29.7 Å². The monoisotopic (exact) mass is 417 g/mol. The molecule has 0 radical (unpaired) electrons. The van der Waals surface area contributed by atoms with Crippen LogP contribution >= 0.6 is 11.6 Å². The summed E-state index contributed by atoms with van der Waals surface area (Å²) >= 11 is 5.56. The summed E-state index contributed by atoms with van der Waals surface area (Å²) in [7, 11) is 0. The number of nitriles is 1. The fourth-order valence-electron chi connectivity index (χ4n) is 2.73. The molecule has 0 spiro atoms. The van der Waals surface area contributed by atoms with Crippen LogP contribution in [-0.4, -0.2) is 67.4 Å². The van der Waals surface area contributed by atoms with Gasteiger partial charge < -0.3 is 10.6 Å². The first-order valence-corrected chi connectivity index (χ1v) is 8.82. The topological polar surface area (TPSA) is 88.5 Å². The average molecular weight is 418 g/mol. The van der Waals surface area contributed by atoms with Gasteiger partial charge in [-0.3, -0.25) is 19.4 Å². The molecule has 11 heteroatoms. The van der Waals surface area contributed by atoms with E-state index in [0.717, 1.165) is 12.1 Å². The number of carbonyl (C=O) groups excluding carboxylic acids is 2. The summed E-state index contributed by atoms with van der Waals surface area (Å²) in [5.74, 6) is -0.674. The summed E-state index contributed by atoms with van der Waals surface area (Å²) in [5.41, 5.74) is -0.982. The number of carbonyl (C=O) groups is 2. The lowest BCUT2D eigenvalue weighted by atomic mass is 10.2. The zero-order chi connectivity index (χ0) is 20.7. The summed E-state index contributed by atoms with van der Waals surface area (Å²) in [6.45, 7) is 2.35. The Balaban J connectivity index is 1.81. The maximum atomic E-state index is 12.9. The second-order valence-corrected chi connectivity index (χ2v) is 6.63. The molecule has 152 valence electrons. The first-order valence-electron chi connectivity index (χ1n) is 8.44. The number of anilines is 1. The molecule has 0 bridgehead atoms. The van der Waals surface area contributed by atoms with Gasteiger partial charge in [-0.2, -0.15) is 18.4 Å². The molecule has 2 N–H and O–H groups in total. The van der Waals surface area contributed by atoms with Crippen LogP contribution in [0.2, 0.25) is 5.02 Å². The van der Waals surface area contributed by atoms with Gasteiger partial charge in [0.2, 0.25) is 11.8 Å². The molecule has 28 heavy (non-hydrogen) atoms. The molecule has 2 amide bonds. The Hall–Kier alpha value is -2.35. The minimum Gasteiger partial charge on any atom is -0.342 e. The highest BCUT2D eigenvalue weighted by molar-refractivity contribution is 6.31. The molecule has 1 fully saturated rings. The number of halogens is 4. The predicted octanol–water partition coefficient (Wildman–Crippen LogP) is 1.55. The molecule has 1 aliphatic rings. The fraction of sp³-hybridized carbons (Fsp3) is 0.471. The molecule has 1 saturated heterocycles. The quantitative estimate of drug-likeness (QED) is 0.686. The van der Waals surface area contributed by atoms with E-state index >= 15 is 0 Å². The molecule has 0 atom stereocenters. The van der Waals surface area contributed by atoms with E-state index in [1.165, 1.54) is 6.07 Å². The molecular formula is C17H19ClF3N5O2. The van der Waals surface area contributed by atoms with Crippen LogP contribution in [0.5, 0.6) is 0 Å². The van der Waals surface area contributed by atoms with Gasteiger partial charge in [0.1, 0.15) is 6.54 Å². The number of rotatable bonds is 6. The summed E-state index contributed by atoms with van der Waals surface area (Å²) in [6, 6.07) is 5.04. The first-order chi connectivity index (χ1) is 13.2. The Bertz CT molecular complexity index is 758. The zero-order valence-electron chi connectivity index (χ0n) is 14.9. The van der Waals surface area contributed by atoms with Crippen molar-refractivity contribution in [3.8, 4) is 6.07 Å². The Morgan fingerprint density at radius 1 is 1.11 bits per heavy atom. The van der Waals surface area contributed by atoms with Crippen LogP contribution in [0.15, 0.2) is 18.2 Å². The number of hydrogen-bond donors (Lipinski definition) is 2. The smallest absolute Gasteiger partial charge is 0.342 e. The van der Waals surface area contributed by atoms with E-state index < -0.39 is 22.7 Å². The van der Waals surface area contributed by atoms with Crippen molar-refractivity contribution >= 4 is 29.1 Å². The van der Waals surface area contributed by atoms with Crippen LogP contribution in [0.25, 0.3) is 0 Å². The van der Waals surface area contributed by atoms with Gasteiger partial charge in [-0.05, 0) is 18.2 Å². The summed E-state index contributed by atoms with van der Waals surface area (Å²) in [6.07, 6.45) is -4.60. The lowest BCUT2D eigenvalue weighted by Gasteiger charge is -2.33. The third-order valence-electron chi connectivity index (χ3n) is 4.12. The van der Waals surface area contributed by atoms with Gasteiger partial charge in [0.25, 0.3) is 0 Å². The minimum absolute atomic E-state index is 0.0227. The van der Waals surface area contributed by atoms with Crippen molar-refractivity contribution in [2.45, 2.75) is 6.18 Å². The van der Waals surface area contributed by atoms with Crippen LogP contribution in [0.4, 0.5) is 18.9 Å². The van der Waals surface area contributed by atoms with E-state index in [4.69, 9.17) is 16.9 Å². The van der Waals surface area contributed by atoms with Gasteiger partial charge in [0, 0.05) is 31.9 Å². The number of amides is 2. The average Bonchev–Trinajstić information content (AvgIpc) is 2.62. The second kappa shape index (κ2) is 9.73. The van der Waals surface area contributed by atoms with Crippen molar-refractivity contribution < 1.29 is 22.8 Å². The van der Waals surface area contributed by atoms with Crippen molar-refractivity contribution in [3.05, 3.63) is 28.8 Å². The van der Waals surface area contributed by atoms with Crippen LogP contribution in [0, 0.1) is 11.3 Å². The lowest BCUT2D eigenvalue weighted by Crippen LogP contribution is -2.51. The number of nitrogens with one attached hydrogen (secondary N) is 2. The number of piperazine rings is 1. The van der Waals surface area contributed by atoms with Crippen LogP contribution in [0.1, 0.15) is 5.56 Å². The molecule has 1 heterocycles. The normalized spacial score (nSPS) is 15.7.